The second-order valence-electron chi connectivity index (χ2n) is 8.26. The third kappa shape index (κ3) is 4.91. The van der Waals surface area contributed by atoms with Crippen molar-refractivity contribution in [3.63, 3.8) is 0 Å². The number of hydrogen-bond acceptors (Lipinski definition) is 6. The SMILES string of the molecule is COc1ccc(CC(=O)N2CCCCC2c2ncc(C(=O)N3CCOCC3)c(C)n2)cc1. The summed E-state index contributed by atoms with van der Waals surface area (Å²) in [5, 5.41) is 0. The predicted octanol–water partition coefficient (Wildman–Crippen LogP) is 2.56. The van der Waals surface area contributed by atoms with Gasteiger partial charge in [-0.2, -0.15) is 0 Å². The molecule has 2 aromatic rings. The molecular weight excluding hydrogens is 408 g/mol. The summed E-state index contributed by atoms with van der Waals surface area (Å²) < 4.78 is 10.5. The van der Waals surface area contributed by atoms with Crippen molar-refractivity contribution >= 4 is 11.8 Å². The van der Waals surface area contributed by atoms with E-state index in [1.54, 1.807) is 18.2 Å². The van der Waals surface area contributed by atoms with Crippen LogP contribution < -0.4 is 4.74 Å². The number of likely N-dealkylation sites (tertiary alicyclic amines) is 1. The van der Waals surface area contributed by atoms with Gasteiger partial charge in [0.05, 0.1) is 44.0 Å². The second kappa shape index (κ2) is 10.1. The maximum Gasteiger partial charge on any atom is 0.257 e. The Balaban J connectivity index is 1.49. The zero-order chi connectivity index (χ0) is 22.5. The number of piperidine rings is 1. The Morgan fingerprint density at radius 2 is 1.88 bits per heavy atom. The van der Waals surface area contributed by atoms with Crippen molar-refractivity contribution in [3.8, 4) is 5.75 Å². The monoisotopic (exact) mass is 438 g/mol. The molecule has 1 aromatic carbocycles. The van der Waals surface area contributed by atoms with Crippen molar-refractivity contribution in [1.82, 2.24) is 19.8 Å². The molecular formula is C24H30N4O4. The first kappa shape index (κ1) is 22.2. The van der Waals surface area contributed by atoms with E-state index < -0.39 is 0 Å². The lowest BCUT2D eigenvalue weighted by Crippen LogP contribution is -2.41. The molecule has 0 N–H and O–H groups in total. The van der Waals surface area contributed by atoms with Crippen LogP contribution in [0.4, 0.5) is 0 Å². The molecule has 0 bridgehead atoms. The largest absolute Gasteiger partial charge is 0.497 e. The zero-order valence-electron chi connectivity index (χ0n) is 18.7. The summed E-state index contributed by atoms with van der Waals surface area (Å²) in [6.45, 7) is 4.79. The number of nitrogens with zero attached hydrogens (tertiary/aromatic N) is 4. The fourth-order valence-electron chi connectivity index (χ4n) is 4.31. The molecule has 8 heteroatoms. The minimum Gasteiger partial charge on any atom is -0.497 e. The van der Waals surface area contributed by atoms with Crippen LogP contribution in [0.5, 0.6) is 5.75 Å². The summed E-state index contributed by atoms with van der Waals surface area (Å²) in [5.41, 5.74) is 2.12. The van der Waals surface area contributed by atoms with Crippen LogP contribution in [-0.4, -0.2) is 71.5 Å². The number of carbonyl (C=O) groups excluding carboxylic acids is 2. The topological polar surface area (TPSA) is 84.9 Å². The average molecular weight is 439 g/mol. The Bertz CT molecular complexity index is 957. The van der Waals surface area contributed by atoms with Gasteiger partial charge >= 0.3 is 0 Å². The molecule has 1 aromatic heterocycles. The number of ether oxygens (including phenoxy) is 2. The van der Waals surface area contributed by atoms with Gasteiger partial charge in [0.25, 0.3) is 5.91 Å². The summed E-state index contributed by atoms with van der Waals surface area (Å²) in [6, 6.07) is 7.41. The highest BCUT2D eigenvalue weighted by atomic mass is 16.5. The Hall–Kier alpha value is -3.00. The number of aryl methyl sites for hydroxylation is 1. The first-order valence-electron chi connectivity index (χ1n) is 11.2. The lowest BCUT2D eigenvalue weighted by atomic mass is 9.99. The molecule has 0 radical (unpaired) electrons. The van der Waals surface area contributed by atoms with Crippen molar-refractivity contribution in [2.45, 2.75) is 38.6 Å². The standard InChI is InChI=1S/C24H30N4O4/c1-17-20(24(30)27-11-13-32-14-12-27)16-25-23(26-17)21-5-3-4-10-28(21)22(29)15-18-6-8-19(31-2)9-7-18/h6-9,16,21H,3-5,10-15H2,1-2H3. The fraction of sp³-hybridized carbons (Fsp3) is 0.500. The van der Waals surface area contributed by atoms with Crippen LogP contribution in [-0.2, 0) is 16.0 Å². The van der Waals surface area contributed by atoms with Crippen LogP contribution in [0.15, 0.2) is 30.5 Å². The van der Waals surface area contributed by atoms with Crippen LogP contribution in [0.25, 0.3) is 0 Å². The Kier molecular flexibility index (Phi) is 6.99. The number of benzene rings is 1. The molecule has 2 saturated heterocycles. The Labute approximate surface area is 188 Å². The summed E-state index contributed by atoms with van der Waals surface area (Å²) in [4.78, 5) is 38.9. The number of morpholine rings is 1. The molecule has 0 saturated carbocycles. The zero-order valence-corrected chi connectivity index (χ0v) is 18.7. The van der Waals surface area contributed by atoms with Crippen molar-refractivity contribution in [2.75, 3.05) is 40.0 Å². The van der Waals surface area contributed by atoms with E-state index in [9.17, 15) is 9.59 Å². The van der Waals surface area contributed by atoms with E-state index in [0.29, 0.717) is 56.4 Å². The number of aromatic nitrogens is 2. The van der Waals surface area contributed by atoms with Crippen molar-refractivity contribution in [2.24, 2.45) is 0 Å². The van der Waals surface area contributed by atoms with Gasteiger partial charge in [-0.05, 0) is 43.9 Å². The molecule has 8 nitrogen and oxygen atoms in total. The number of hydrogen-bond donors (Lipinski definition) is 0. The molecule has 2 aliphatic heterocycles. The third-order valence-electron chi connectivity index (χ3n) is 6.16. The highest BCUT2D eigenvalue weighted by Gasteiger charge is 2.31. The van der Waals surface area contributed by atoms with Gasteiger partial charge in [-0.25, -0.2) is 9.97 Å². The van der Waals surface area contributed by atoms with E-state index in [2.05, 4.69) is 9.97 Å². The maximum absolute atomic E-state index is 13.1. The van der Waals surface area contributed by atoms with E-state index in [1.807, 2.05) is 36.1 Å². The number of amides is 2. The van der Waals surface area contributed by atoms with Crippen LogP contribution in [0.2, 0.25) is 0 Å². The lowest BCUT2D eigenvalue weighted by molar-refractivity contribution is -0.134. The molecule has 0 spiro atoms. The molecule has 3 heterocycles. The predicted molar refractivity (Wildman–Crippen MR) is 118 cm³/mol. The Morgan fingerprint density at radius 1 is 1.12 bits per heavy atom. The first-order chi connectivity index (χ1) is 15.6. The maximum atomic E-state index is 13.1. The molecule has 32 heavy (non-hydrogen) atoms. The molecule has 2 fully saturated rings. The van der Waals surface area contributed by atoms with Gasteiger partial charge in [0.15, 0.2) is 5.82 Å². The molecule has 2 aliphatic rings. The van der Waals surface area contributed by atoms with E-state index in [4.69, 9.17) is 9.47 Å². The van der Waals surface area contributed by atoms with E-state index in [1.165, 1.54) is 0 Å². The third-order valence-corrected chi connectivity index (χ3v) is 6.16. The summed E-state index contributed by atoms with van der Waals surface area (Å²) in [7, 11) is 1.63. The van der Waals surface area contributed by atoms with Gasteiger partial charge in [-0.1, -0.05) is 12.1 Å². The normalized spacial score (nSPS) is 19.0. The first-order valence-corrected chi connectivity index (χ1v) is 11.2. The number of rotatable bonds is 5. The molecule has 2 amide bonds. The van der Waals surface area contributed by atoms with Crippen molar-refractivity contribution < 1.29 is 19.1 Å². The summed E-state index contributed by atoms with van der Waals surface area (Å²) in [5.74, 6) is 1.39. The lowest BCUT2D eigenvalue weighted by Gasteiger charge is -2.35. The average Bonchev–Trinajstić information content (AvgIpc) is 2.84. The van der Waals surface area contributed by atoms with E-state index in [0.717, 1.165) is 30.6 Å². The van der Waals surface area contributed by atoms with Gasteiger partial charge in [0.1, 0.15) is 5.75 Å². The quantitative estimate of drug-likeness (QED) is 0.713. The highest BCUT2D eigenvalue weighted by Crippen LogP contribution is 2.30. The van der Waals surface area contributed by atoms with E-state index >= 15 is 0 Å². The molecule has 0 aliphatic carbocycles. The number of carbonyl (C=O) groups is 2. The van der Waals surface area contributed by atoms with E-state index in [-0.39, 0.29) is 17.9 Å². The van der Waals surface area contributed by atoms with Gasteiger partial charge < -0.3 is 19.3 Å². The molecule has 4 rings (SSSR count). The minimum atomic E-state index is -0.166. The Morgan fingerprint density at radius 3 is 2.56 bits per heavy atom. The van der Waals surface area contributed by atoms with Gasteiger partial charge in [0.2, 0.25) is 5.91 Å². The summed E-state index contributed by atoms with van der Waals surface area (Å²) in [6.07, 6.45) is 4.76. The fourth-order valence-corrected chi connectivity index (χ4v) is 4.31. The van der Waals surface area contributed by atoms with Gasteiger partial charge in [0, 0.05) is 25.8 Å². The van der Waals surface area contributed by atoms with Crippen LogP contribution in [0, 0.1) is 6.92 Å². The second-order valence-corrected chi connectivity index (χ2v) is 8.26. The van der Waals surface area contributed by atoms with Crippen LogP contribution >= 0.6 is 0 Å². The van der Waals surface area contributed by atoms with Crippen LogP contribution in [0.3, 0.4) is 0 Å². The van der Waals surface area contributed by atoms with Crippen LogP contribution in [0.1, 0.15) is 52.7 Å². The van der Waals surface area contributed by atoms with Crippen molar-refractivity contribution in [1.29, 1.82) is 0 Å². The molecule has 170 valence electrons. The smallest absolute Gasteiger partial charge is 0.257 e. The summed E-state index contributed by atoms with van der Waals surface area (Å²) >= 11 is 0. The minimum absolute atomic E-state index is 0.0616. The highest BCUT2D eigenvalue weighted by molar-refractivity contribution is 5.95. The van der Waals surface area contributed by atoms with Crippen molar-refractivity contribution in [3.05, 3.63) is 53.1 Å². The number of methoxy groups -OCH3 is 1. The molecule has 1 atom stereocenters. The van der Waals surface area contributed by atoms with Gasteiger partial charge in [-0.3, -0.25) is 9.59 Å². The van der Waals surface area contributed by atoms with Gasteiger partial charge in [-0.15, -0.1) is 0 Å². The molecule has 1 unspecified atom stereocenters.